The first-order valence-electron chi connectivity index (χ1n) is 5.98. The highest BCUT2D eigenvalue weighted by Crippen LogP contribution is 2.04. The molecule has 0 N–H and O–H groups in total. The fourth-order valence-corrected chi connectivity index (χ4v) is 1.44. The predicted molar refractivity (Wildman–Crippen MR) is 68.0 cm³/mol. The molecule has 0 bridgehead atoms. The minimum atomic E-state index is 0.0921. The number of hydrogen-bond acceptors (Lipinski definition) is 3. The summed E-state index contributed by atoms with van der Waals surface area (Å²) in [6.07, 6.45) is 0.206. The lowest BCUT2D eigenvalue weighted by atomic mass is 10.2. The molecule has 2 atom stereocenters. The number of rotatable bonds is 8. The topological polar surface area (TPSA) is 27.7 Å². The summed E-state index contributed by atoms with van der Waals surface area (Å²) in [6, 6.07) is 10.1. The van der Waals surface area contributed by atoms with Crippen LogP contribution in [0, 0.1) is 0 Å². The molecular formula is C14H22O3. The van der Waals surface area contributed by atoms with Crippen LogP contribution < -0.4 is 0 Å². The second kappa shape index (κ2) is 8.23. The molecule has 0 heterocycles. The van der Waals surface area contributed by atoms with Crippen LogP contribution >= 0.6 is 0 Å². The summed E-state index contributed by atoms with van der Waals surface area (Å²) in [5.74, 6) is 0. The van der Waals surface area contributed by atoms with Gasteiger partial charge in [-0.2, -0.15) is 0 Å². The molecule has 0 aliphatic heterocycles. The van der Waals surface area contributed by atoms with Gasteiger partial charge in [-0.3, -0.25) is 0 Å². The van der Waals surface area contributed by atoms with Crippen molar-refractivity contribution in [3.63, 3.8) is 0 Å². The van der Waals surface area contributed by atoms with E-state index in [9.17, 15) is 0 Å². The van der Waals surface area contributed by atoms with E-state index in [0.717, 1.165) is 0 Å². The molecule has 96 valence electrons. The van der Waals surface area contributed by atoms with Crippen LogP contribution in [0.4, 0.5) is 0 Å². The first-order valence-corrected chi connectivity index (χ1v) is 5.98. The van der Waals surface area contributed by atoms with Crippen LogP contribution in [0.25, 0.3) is 0 Å². The van der Waals surface area contributed by atoms with Crippen molar-refractivity contribution in [2.75, 3.05) is 20.3 Å². The van der Waals surface area contributed by atoms with Gasteiger partial charge in [-0.1, -0.05) is 30.3 Å². The van der Waals surface area contributed by atoms with Gasteiger partial charge in [0.1, 0.15) is 0 Å². The smallest absolute Gasteiger partial charge is 0.0785 e. The zero-order valence-corrected chi connectivity index (χ0v) is 10.9. The van der Waals surface area contributed by atoms with Crippen LogP contribution in [0.15, 0.2) is 30.3 Å². The van der Waals surface area contributed by atoms with Crippen molar-refractivity contribution < 1.29 is 14.2 Å². The van der Waals surface area contributed by atoms with Crippen molar-refractivity contribution in [1.29, 1.82) is 0 Å². The van der Waals surface area contributed by atoms with Gasteiger partial charge >= 0.3 is 0 Å². The molecule has 1 aromatic carbocycles. The van der Waals surface area contributed by atoms with E-state index in [-0.39, 0.29) is 12.2 Å². The Morgan fingerprint density at radius 1 is 0.941 bits per heavy atom. The Hall–Kier alpha value is -0.900. The van der Waals surface area contributed by atoms with E-state index >= 15 is 0 Å². The quantitative estimate of drug-likeness (QED) is 0.697. The molecule has 1 rings (SSSR count). The second-order valence-electron chi connectivity index (χ2n) is 4.21. The predicted octanol–water partition coefficient (Wildman–Crippen LogP) is 2.64. The van der Waals surface area contributed by atoms with E-state index in [4.69, 9.17) is 14.2 Å². The largest absolute Gasteiger partial charge is 0.382 e. The molecule has 0 amide bonds. The summed E-state index contributed by atoms with van der Waals surface area (Å²) in [6.45, 7) is 5.85. The van der Waals surface area contributed by atoms with Crippen molar-refractivity contribution in [3.8, 4) is 0 Å². The van der Waals surface area contributed by atoms with Gasteiger partial charge in [0.2, 0.25) is 0 Å². The Balaban J connectivity index is 2.15. The fourth-order valence-electron chi connectivity index (χ4n) is 1.44. The van der Waals surface area contributed by atoms with E-state index < -0.39 is 0 Å². The average molecular weight is 238 g/mol. The van der Waals surface area contributed by atoms with E-state index in [2.05, 4.69) is 12.1 Å². The zero-order valence-electron chi connectivity index (χ0n) is 10.9. The van der Waals surface area contributed by atoms with Crippen LogP contribution in [0.2, 0.25) is 0 Å². The monoisotopic (exact) mass is 238 g/mol. The van der Waals surface area contributed by atoms with Gasteiger partial charge in [0, 0.05) is 7.11 Å². The van der Waals surface area contributed by atoms with E-state index in [1.807, 2.05) is 32.0 Å². The van der Waals surface area contributed by atoms with Gasteiger partial charge < -0.3 is 14.2 Å². The van der Waals surface area contributed by atoms with Crippen molar-refractivity contribution in [2.45, 2.75) is 32.7 Å². The lowest BCUT2D eigenvalue weighted by Gasteiger charge is -2.17. The van der Waals surface area contributed by atoms with Gasteiger partial charge in [0.25, 0.3) is 0 Å². The third-order valence-electron chi connectivity index (χ3n) is 2.39. The number of benzene rings is 1. The SMILES string of the molecule is COCC(C)OCC(C)OCc1ccccc1. The normalized spacial score (nSPS) is 14.5. The van der Waals surface area contributed by atoms with Crippen molar-refractivity contribution in [2.24, 2.45) is 0 Å². The Kier molecular flexibility index (Phi) is 6.86. The molecule has 0 spiro atoms. The van der Waals surface area contributed by atoms with Gasteiger partial charge in [0.05, 0.1) is 32.0 Å². The van der Waals surface area contributed by atoms with E-state index in [0.29, 0.717) is 19.8 Å². The Bertz CT molecular complexity index is 287. The highest BCUT2D eigenvalue weighted by atomic mass is 16.6. The number of hydrogen-bond donors (Lipinski definition) is 0. The average Bonchev–Trinajstić information content (AvgIpc) is 2.35. The summed E-state index contributed by atoms with van der Waals surface area (Å²) in [5.41, 5.74) is 1.18. The molecule has 1 aromatic rings. The van der Waals surface area contributed by atoms with E-state index in [1.165, 1.54) is 5.56 Å². The Morgan fingerprint density at radius 2 is 1.59 bits per heavy atom. The van der Waals surface area contributed by atoms with Crippen molar-refractivity contribution >= 4 is 0 Å². The highest BCUT2D eigenvalue weighted by molar-refractivity contribution is 5.13. The maximum absolute atomic E-state index is 5.69. The molecule has 17 heavy (non-hydrogen) atoms. The Morgan fingerprint density at radius 3 is 2.24 bits per heavy atom. The second-order valence-corrected chi connectivity index (χ2v) is 4.21. The summed E-state index contributed by atoms with van der Waals surface area (Å²) in [5, 5.41) is 0. The summed E-state index contributed by atoms with van der Waals surface area (Å²) in [4.78, 5) is 0. The number of methoxy groups -OCH3 is 1. The first-order chi connectivity index (χ1) is 8.22. The molecule has 0 saturated carbocycles. The third kappa shape index (κ3) is 6.41. The molecule has 3 nitrogen and oxygen atoms in total. The van der Waals surface area contributed by atoms with Gasteiger partial charge in [-0.15, -0.1) is 0 Å². The molecule has 0 aromatic heterocycles. The molecule has 0 saturated heterocycles. The zero-order chi connectivity index (χ0) is 12.5. The first kappa shape index (κ1) is 14.2. The summed E-state index contributed by atoms with van der Waals surface area (Å²) >= 11 is 0. The standard InChI is InChI=1S/C14H22O3/c1-12(9-15-3)16-10-13(2)17-11-14-7-5-4-6-8-14/h4-8,12-13H,9-11H2,1-3H3. The van der Waals surface area contributed by atoms with Gasteiger partial charge in [0.15, 0.2) is 0 Å². The Labute approximate surface area is 104 Å². The minimum absolute atomic E-state index is 0.0921. The van der Waals surface area contributed by atoms with Crippen LogP contribution in [-0.2, 0) is 20.8 Å². The van der Waals surface area contributed by atoms with Crippen molar-refractivity contribution in [3.05, 3.63) is 35.9 Å². The van der Waals surface area contributed by atoms with Gasteiger partial charge in [-0.25, -0.2) is 0 Å². The maximum atomic E-state index is 5.69. The lowest BCUT2D eigenvalue weighted by molar-refractivity contribution is -0.0555. The minimum Gasteiger partial charge on any atom is -0.382 e. The molecule has 3 heteroatoms. The maximum Gasteiger partial charge on any atom is 0.0785 e. The fraction of sp³-hybridized carbons (Fsp3) is 0.571. The molecule has 2 unspecified atom stereocenters. The van der Waals surface area contributed by atoms with Gasteiger partial charge in [-0.05, 0) is 19.4 Å². The summed E-state index contributed by atoms with van der Waals surface area (Å²) in [7, 11) is 1.68. The number of ether oxygens (including phenoxy) is 3. The lowest BCUT2D eigenvalue weighted by Crippen LogP contribution is -2.22. The molecule has 0 aliphatic carbocycles. The van der Waals surface area contributed by atoms with Crippen LogP contribution in [0.5, 0.6) is 0 Å². The molecule has 0 aliphatic rings. The molecule has 0 radical (unpaired) electrons. The highest BCUT2D eigenvalue weighted by Gasteiger charge is 2.06. The van der Waals surface area contributed by atoms with Crippen molar-refractivity contribution in [1.82, 2.24) is 0 Å². The molecular weight excluding hydrogens is 216 g/mol. The third-order valence-corrected chi connectivity index (χ3v) is 2.39. The van der Waals surface area contributed by atoms with Crippen LogP contribution in [0.3, 0.4) is 0 Å². The van der Waals surface area contributed by atoms with Crippen LogP contribution in [0.1, 0.15) is 19.4 Å². The van der Waals surface area contributed by atoms with E-state index in [1.54, 1.807) is 7.11 Å². The molecule has 0 fully saturated rings. The van der Waals surface area contributed by atoms with Crippen LogP contribution in [-0.4, -0.2) is 32.5 Å². The summed E-state index contributed by atoms with van der Waals surface area (Å²) < 4.78 is 16.3.